The van der Waals surface area contributed by atoms with Gasteiger partial charge in [-0.3, -0.25) is 4.79 Å². The lowest BCUT2D eigenvalue weighted by Crippen LogP contribution is -2.17. The second-order valence-electron chi connectivity index (χ2n) is 3.19. The number of hydrogen-bond acceptors (Lipinski definition) is 2. The number of carbonyl (C=O) groups excluding carboxylic acids is 1. The van der Waals surface area contributed by atoms with E-state index in [9.17, 15) is 4.79 Å². The maximum atomic E-state index is 11.6. The molecular formula is C9H9BrOS. The molecule has 12 heavy (non-hydrogen) atoms. The first-order valence-electron chi connectivity index (χ1n) is 4.01. The average molecular weight is 245 g/mol. The highest BCUT2D eigenvalue weighted by atomic mass is 79.9. The van der Waals surface area contributed by atoms with Gasteiger partial charge in [-0.1, -0.05) is 6.92 Å². The van der Waals surface area contributed by atoms with Gasteiger partial charge in [0.15, 0.2) is 5.78 Å². The molecule has 1 unspecified atom stereocenters. The Bertz CT molecular complexity index is 329. The summed E-state index contributed by atoms with van der Waals surface area (Å²) < 4.78 is 1.08. The number of fused-ring (bicyclic) bond motifs is 1. The molecule has 0 N–H and O–H groups in total. The Balaban J connectivity index is 2.48. The zero-order chi connectivity index (χ0) is 8.72. The van der Waals surface area contributed by atoms with E-state index in [0.29, 0.717) is 5.78 Å². The monoisotopic (exact) mass is 244 g/mol. The van der Waals surface area contributed by atoms with Crippen molar-refractivity contribution < 1.29 is 4.79 Å². The number of carbonyl (C=O) groups is 1. The molecule has 0 spiro atoms. The summed E-state index contributed by atoms with van der Waals surface area (Å²) in [6.45, 7) is 2.01. The number of ketones is 1. The number of Topliss-reactive ketones (excluding diaryl/α,β-unsaturated/α-hetero) is 1. The van der Waals surface area contributed by atoms with Gasteiger partial charge >= 0.3 is 0 Å². The Labute approximate surface area is 83.9 Å². The zero-order valence-electron chi connectivity index (χ0n) is 6.76. The van der Waals surface area contributed by atoms with Crippen LogP contribution in [0.1, 0.15) is 28.6 Å². The van der Waals surface area contributed by atoms with Gasteiger partial charge in [0.2, 0.25) is 0 Å². The predicted molar refractivity (Wildman–Crippen MR) is 53.8 cm³/mol. The predicted octanol–water partition coefficient (Wildman–Crippen LogP) is 3.28. The number of aryl methyl sites for hydroxylation is 1. The molecular weight excluding hydrogens is 236 g/mol. The van der Waals surface area contributed by atoms with Crippen LogP contribution in [0.4, 0.5) is 0 Å². The number of halogens is 1. The van der Waals surface area contributed by atoms with E-state index in [2.05, 4.69) is 15.9 Å². The molecule has 1 atom stereocenters. The molecule has 1 aromatic heterocycles. The number of hydrogen-bond donors (Lipinski definition) is 0. The van der Waals surface area contributed by atoms with Gasteiger partial charge in [0, 0.05) is 16.4 Å². The van der Waals surface area contributed by atoms with Gasteiger partial charge in [0.25, 0.3) is 0 Å². The third kappa shape index (κ3) is 1.25. The van der Waals surface area contributed by atoms with Crippen LogP contribution in [0.3, 0.4) is 0 Å². The number of thiophene rings is 1. The standard InChI is InChI=1S/C9H9BrOS/c1-5-2-3-7-6(9(5)11)4-8(10)12-7/h4-5H,2-3H2,1H3. The highest BCUT2D eigenvalue weighted by Gasteiger charge is 2.25. The minimum atomic E-state index is 0.221. The van der Waals surface area contributed by atoms with E-state index in [1.165, 1.54) is 4.88 Å². The molecule has 0 bridgehead atoms. The zero-order valence-corrected chi connectivity index (χ0v) is 9.17. The van der Waals surface area contributed by atoms with Crippen LogP contribution < -0.4 is 0 Å². The van der Waals surface area contributed by atoms with Crippen LogP contribution in [0, 0.1) is 5.92 Å². The summed E-state index contributed by atoms with van der Waals surface area (Å²) in [4.78, 5) is 12.9. The van der Waals surface area contributed by atoms with Crippen molar-refractivity contribution in [2.75, 3.05) is 0 Å². The summed E-state index contributed by atoms with van der Waals surface area (Å²) >= 11 is 5.10. The minimum Gasteiger partial charge on any atom is -0.294 e. The third-order valence-corrected chi connectivity index (χ3v) is 3.99. The molecule has 3 heteroatoms. The van der Waals surface area contributed by atoms with Crippen LogP contribution in [0.25, 0.3) is 0 Å². The van der Waals surface area contributed by atoms with Crippen molar-refractivity contribution in [3.05, 3.63) is 20.3 Å². The van der Waals surface area contributed by atoms with Crippen LogP contribution in [0.5, 0.6) is 0 Å². The summed E-state index contributed by atoms with van der Waals surface area (Å²) in [5.41, 5.74) is 0.950. The van der Waals surface area contributed by atoms with Gasteiger partial charge in [0.1, 0.15) is 0 Å². The van der Waals surface area contributed by atoms with Gasteiger partial charge < -0.3 is 0 Å². The second kappa shape index (κ2) is 2.96. The van der Waals surface area contributed by atoms with Gasteiger partial charge in [-0.25, -0.2) is 0 Å². The van der Waals surface area contributed by atoms with E-state index in [1.54, 1.807) is 11.3 Å². The van der Waals surface area contributed by atoms with E-state index in [1.807, 2.05) is 13.0 Å². The topological polar surface area (TPSA) is 17.1 Å². The normalized spacial score (nSPS) is 22.5. The molecule has 1 heterocycles. The third-order valence-electron chi connectivity index (χ3n) is 2.30. The lowest BCUT2D eigenvalue weighted by atomic mass is 9.89. The maximum Gasteiger partial charge on any atom is 0.166 e. The van der Waals surface area contributed by atoms with Gasteiger partial charge in [-0.2, -0.15) is 0 Å². The molecule has 2 rings (SSSR count). The average Bonchev–Trinajstić information content (AvgIpc) is 2.39. The van der Waals surface area contributed by atoms with Crippen molar-refractivity contribution in [2.45, 2.75) is 19.8 Å². The van der Waals surface area contributed by atoms with Gasteiger partial charge in [-0.15, -0.1) is 11.3 Å². The Morgan fingerprint density at radius 1 is 1.67 bits per heavy atom. The smallest absolute Gasteiger partial charge is 0.166 e. The summed E-state index contributed by atoms with van der Waals surface area (Å²) in [6.07, 6.45) is 2.08. The molecule has 64 valence electrons. The summed E-state index contributed by atoms with van der Waals surface area (Å²) in [7, 11) is 0. The second-order valence-corrected chi connectivity index (χ2v) is 5.71. The fraction of sp³-hybridized carbons (Fsp3) is 0.444. The quantitative estimate of drug-likeness (QED) is 0.685. The van der Waals surface area contributed by atoms with Crippen molar-refractivity contribution in [1.82, 2.24) is 0 Å². The van der Waals surface area contributed by atoms with E-state index in [-0.39, 0.29) is 5.92 Å². The lowest BCUT2D eigenvalue weighted by molar-refractivity contribution is 0.0915. The molecule has 0 saturated carbocycles. The molecule has 1 nitrogen and oxygen atoms in total. The molecule has 0 aromatic carbocycles. The molecule has 0 amide bonds. The van der Waals surface area contributed by atoms with Crippen LogP contribution in [0.2, 0.25) is 0 Å². The summed E-state index contributed by atoms with van der Waals surface area (Å²) in [5, 5.41) is 0. The molecule has 1 aliphatic rings. The maximum absolute atomic E-state index is 11.6. The first-order valence-corrected chi connectivity index (χ1v) is 5.62. The Morgan fingerprint density at radius 3 is 3.17 bits per heavy atom. The summed E-state index contributed by atoms with van der Waals surface area (Å²) in [6, 6.07) is 1.96. The largest absolute Gasteiger partial charge is 0.294 e. The Morgan fingerprint density at radius 2 is 2.42 bits per heavy atom. The molecule has 1 aromatic rings. The Hall–Kier alpha value is -0.150. The molecule has 0 aliphatic heterocycles. The SMILES string of the molecule is CC1CCc2sc(Br)cc2C1=O. The highest BCUT2D eigenvalue weighted by Crippen LogP contribution is 2.34. The first-order chi connectivity index (χ1) is 5.68. The fourth-order valence-electron chi connectivity index (χ4n) is 1.53. The van der Waals surface area contributed by atoms with Crippen LogP contribution in [0.15, 0.2) is 9.85 Å². The lowest BCUT2D eigenvalue weighted by Gasteiger charge is -2.15. The molecule has 0 saturated heterocycles. The van der Waals surface area contributed by atoms with Crippen molar-refractivity contribution in [2.24, 2.45) is 5.92 Å². The molecule has 1 aliphatic carbocycles. The highest BCUT2D eigenvalue weighted by molar-refractivity contribution is 9.11. The van der Waals surface area contributed by atoms with Crippen LogP contribution in [-0.2, 0) is 6.42 Å². The van der Waals surface area contributed by atoms with E-state index in [4.69, 9.17) is 0 Å². The van der Waals surface area contributed by atoms with E-state index >= 15 is 0 Å². The summed E-state index contributed by atoms with van der Waals surface area (Å²) in [5.74, 6) is 0.539. The van der Waals surface area contributed by atoms with E-state index in [0.717, 1.165) is 22.2 Å². The van der Waals surface area contributed by atoms with Crippen molar-refractivity contribution in [3.63, 3.8) is 0 Å². The Kier molecular flexibility index (Phi) is 2.09. The first kappa shape index (κ1) is 8.45. The number of rotatable bonds is 0. The van der Waals surface area contributed by atoms with Crippen LogP contribution in [-0.4, -0.2) is 5.78 Å². The fourth-order valence-corrected chi connectivity index (χ4v) is 3.25. The van der Waals surface area contributed by atoms with Gasteiger partial charge in [-0.05, 0) is 34.8 Å². The molecule has 0 fully saturated rings. The molecule has 0 radical (unpaired) electrons. The van der Waals surface area contributed by atoms with E-state index < -0.39 is 0 Å². The minimum absolute atomic E-state index is 0.221. The van der Waals surface area contributed by atoms with Crippen molar-refractivity contribution in [1.29, 1.82) is 0 Å². The van der Waals surface area contributed by atoms with Crippen molar-refractivity contribution >= 4 is 33.0 Å². The van der Waals surface area contributed by atoms with Gasteiger partial charge in [0.05, 0.1) is 3.79 Å². The van der Waals surface area contributed by atoms with Crippen molar-refractivity contribution in [3.8, 4) is 0 Å². The van der Waals surface area contributed by atoms with Crippen LogP contribution >= 0.6 is 27.3 Å².